The number of aromatic nitrogens is 1. The molecule has 0 aliphatic carbocycles. The van der Waals surface area contributed by atoms with Gasteiger partial charge >= 0.3 is 0 Å². The van der Waals surface area contributed by atoms with Crippen LogP contribution >= 0.6 is 27.7 Å². The molecule has 0 aliphatic rings. The zero-order chi connectivity index (χ0) is 10.2. The molecule has 76 valence electrons. The number of nitrogens with one attached hydrogen (secondary N) is 1. The maximum Gasteiger partial charge on any atom is 0.0538 e. The van der Waals surface area contributed by atoms with Crippen LogP contribution in [0.25, 0.3) is 0 Å². The third kappa shape index (κ3) is 4.67. The first-order chi connectivity index (χ1) is 6.83. The molecule has 4 heteroatoms. The number of hydrogen-bond acceptors (Lipinski definition) is 3. The molecule has 14 heavy (non-hydrogen) atoms. The van der Waals surface area contributed by atoms with Crippen LogP contribution in [0.4, 0.5) is 5.69 Å². The van der Waals surface area contributed by atoms with Gasteiger partial charge in [0.25, 0.3) is 0 Å². The zero-order valence-corrected chi connectivity index (χ0v) is 10.3. The number of hydrogen-bond donors (Lipinski definition) is 1. The third-order valence-corrected chi connectivity index (χ3v) is 2.91. The summed E-state index contributed by atoms with van der Waals surface area (Å²) in [6, 6.07) is 2.02. The number of rotatable bonds is 6. The van der Waals surface area contributed by atoms with Crippen LogP contribution in [0.2, 0.25) is 0 Å². The van der Waals surface area contributed by atoms with Gasteiger partial charge in [-0.3, -0.25) is 4.98 Å². The number of halogens is 1. The van der Waals surface area contributed by atoms with E-state index in [4.69, 9.17) is 0 Å². The Balaban J connectivity index is 2.21. The van der Waals surface area contributed by atoms with Gasteiger partial charge in [0.2, 0.25) is 0 Å². The molecular formula is C10H13BrN2S. The SMILES string of the molecule is C=CCSCCNc1cncc(Br)c1. The van der Waals surface area contributed by atoms with Gasteiger partial charge in [0.05, 0.1) is 11.9 Å². The summed E-state index contributed by atoms with van der Waals surface area (Å²) in [4.78, 5) is 4.07. The first-order valence-corrected chi connectivity index (χ1v) is 6.31. The summed E-state index contributed by atoms with van der Waals surface area (Å²) in [5.41, 5.74) is 1.05. The van der Waals surface area contributed by atoms with Gasteiger partial charge in [-0.2, -0.15) is 11.8 Å². The van der Waals surface area contributed by atoms with Gasteiger partial charge in [-0.05, 0) is 22.0 Å². The van der Waals surface area contributed by atoms with Crippen molar-refractivity contribution in [3.8, 4) is 0 Å². The van der Waals surface area contributed by atoms with Gasteiger partial charge in [0, 0.05) is 28.7 Å². The summed E-state index contributed by atoms with van der Waals surface area (Å²) in [5, 5.41) is 3.30. The van der Waals surface area contributed by atoms with Crippen LogP contribution < -0.4 is 5.32 Å². The number of nitrogens with zero attached hydrogens (tertiary/aromatic N) is 1. The highest BCUT2D eigenvalue weighted by Crippen LogP contribution is 2.13. The largest absolute Gasteiger partial charge is 0.383 e. The lowest BCUT2D eigenvalue weighted by Crippen LogP contribution is -2.04. The lowest BCUT2D eigenvalue weighted by Gasteiger charge is -2.04. The number of thioether (sulfide) groups is 1. The summed E-state index contributed by atoms with van der Waals surface area (Å²) in [5.74, 6) is 2.09. The van der Waals surface area contributed by atoms with Crippen molar-refractivity contribution in [3.05, 3.63) is 35.6 Å². The van der Waals surface area contributed by atoms with Gasteiger partial charge in [0.15, 0.2) is 0 Å². The predicted molar refractivity (Wildman–Crippen MR) is 67.9 cm³/mol. The highest BCUT2D eigenvalue weighted by Gasteiger charge is 1.93. The Morgan fingerprint density at radius 3 is 3.14 bits per heavy atom. The van der Waals surface area contributed by atoms with E-state index in [0.29, 0.717) is 0 Å². The fraction of sp³-hybridized carbons (Fsp3) is 0.300. The molecule has 2 nitrogen and oxygen atoms in total. The maximum absolute atomic E-state index is 4.07. The molecule has 0 bridgehead atoms. The van der Waals surface area contributed by atoms with E-state index >= 15 is 0 Å². The van der Waals surface area contributed by atoms with E-state index in [2.05, 4.69) is 32.8 Å². The maximum atomic E-state index is 4.07. The summed E-state index contributed by atoms with van der Waals surface area (Å²) in [7, 11) is 0. The lowest BCUT2D eigenvalue weighted by molar-refractivity contribution is 1.20. The van der Waals surface area contributed by atoms with Crippen molar-refractivity contribution in [3.63, 3.8) is 0 Å². The van der Waals surface area contributed by atoms with Crippen LogP contribution in [0.15, 0.2) is 35.6 Å². The second-order valence-electron chi connectivity index (χ2n) is 2.68. The quantitative estimate of drug-likeness (QED) is 0.636. The molecule has 0 saturated carbocycles. The predicted octanol–water partition coefficient (Wildman–Crippen LogP) is 3.18. The fourth-order valence-corrected chi connectivity index (χ4v) is 1.89. The first kappa shape index (κ1) is 11.6. The molecular weight excluding hydrogens is 260 g/mol. The normalized spacial score (nSPS) is 9.79. The molecule has 0 radical (unpaired) electrons. The smallest absolute Gasteiger partial charge is 0.0538 e. The molecule has 1 aromatic heterocycles. The Hall–Kier alpha value is -0.480. The van der Waals surface area contributed by atoms with Crippen LogP contribution in [-0.2, 0) is 0 Å². The Labute approximate surface area is 97.3 Å². The van der Waals surface area contributed by atoms with Gasteiger partial charge in [0.1, 0.15) is 0 Å². The Kier molecular flexibility index (Phi) is 5.71. The molecule has 0 unspecified atom stereocenters. The number of pyridine rings is 1. The van der Waals surface area contributed by atoms with Crippen molar-refractivity contribution >= 4 is 33.4 Å². The zero-order valence-electron chi connectivity index (χ0n) is 7.87. The summed E-state index contributed by atoms with van der Waals surface area (Å²) in [6.07, 6.45) is 5.52. The van der Waals surface area contributed by atoms with Gasteiger partial charge in [-0.25, -0.2) is 0 Å². The molecule has 0 fully saturated rings. The highest BCUT2D eigenvalue weighted by atomic mass is 79.9. The molecule has 0 amide bonds. The van der Waals surface area contributed by atoms with Crippen molar-refractivity contribution < 1.29 is 0 Å². The molecule has 0 aliphatic heterocycles. The van der Waals surface area contributed by atoms with Crippen LogP contribution in [0.1, 0.15) is 0 Å². The molecule has 1 N–H and O–H groups in total. The van der Waals surface area contributed by atoms with Crippen LogP contribution in [0.3, 0.4) is 0 Å². The number of anilines is 1. The minimum absolute atomic E-state index is 0.955. The van der Waals surface area contributed by atoms with Crippen LogP contribution in [0.5, 0.6) is 0 Å². The monoisotopic (exact) mass is 272 g/mol. The summed E-state index contributed by atoms with van der Waals surface area (Å²) >= 11 is 5.24. The van der Waals surface area contributed by atoms with E-state index in [1.165, 1.54) is 0 Å². The van der Waals surface area contributed by atoms with Gasteiger partial charge in [-0.15, -0.1) is 6.58 Å². The average molecular weight is 273 g/mol. The molecule has 0 aromatic carbocycles. The molecule has 0 spiro atoms. The Morgan fingerprint density at radius 1 is 1.57 bits per heavy atom. The van der Waals surface area contributed by atoms with Crippen molar-refractivity contribution in [1.82, 2.24) is 4.98 Å². The average Bonchev–Trinajstić information content (AvgIpc) is 2.18. The Bertz CT molecular complexity index is 291. The minimum atomic E-state index is 0.955. The Morgan fingerprint density at radius 2 is 2.43 bits per heavy atom. The second kappa shape index (κ2) is 6.90. The second-order valence-corrected chi connectivity index (χ2v) is 4.75. The highest BCUT2D eigenvalue weighted by molar-refractivity contribution is 9.10. The van der Waals surface area contributed by atoms with E-state index in [1.807, 2.05) is 30.1 Å². The first-order valence-electron chi connectivity index (χ1n) is 4.36. The topological polar surface area (TPSA) is 24.9 Å². The van der Waals surface area contributed by atoms with Gasteiger partial charge in [-0.1, -0.05) is 6.08 Å². The molecule has 0 saturated heterocycles. The minimum Gasteiger partial charge on any atom is -0.383 e. The van der Waals surface area contributed by atoms with E-state index in [1.54, 1.807) is 6.20 Å². The van der Waals surface area contributed by atoms with Crippen molar-refractivity contribution in [1.29, 1.82) is 0 Å². The van der Waals surface area contributed by atoms with Crippen molar-refractivity contribution in [2.24, 2.45) is 0 Å². The van der Waals surface area contributed by atoms with E-state index in [-0.39, 0.29) is 0 Å². The van der Waals surface area contributed by atoms with E-state index in [9.17, 15) is 0 Å². The van der Waals surface area contributed by atoms with Gasteiger partial charge < -0.3 is 5.32 Å². The molecule has 1 aromatic rings. The summed E-state index contributed by atoms with van der Waals surface area (Å²) in [6.45, 7) is 4.63. The fourth-order valence-electron chi connectivity index (χ4n) is 0.943. The van der Waals surface area contributed by atoms with E-state index in [0.717, 1.165) is 28.2 Å². The molecule has 1 heterocycles. The van der Waals surface area contributed by atoms with Crippen LogP contribution in [0, 0.1) is 0 Å². The molecule has 1 rings (SSSR count). The van der Waals surface area contributed by atoms with Crippen molar-refractivity contribution in [2.45, 2.75) is 0 Å². The summed E-state index contributed by atoms with van der Waals surface area (Å²) < 4.78 is 1.00. The van der Waals surface area contributed by atoms with Crippen LogP contribution in [-0.4, -0.2) is 23.0 Å². The van der Waals surface area contributed by atoms with Crippen molar-refractivity contribution in [2.75, 3.05) is 23.4 Å². The third-order valence-electron chi connectivity index (χ3n) is 1.52. The van der Waals surface area contributed by atoms with E-state index < -0.39 is 0 Å². The molecule has 0 atom stereocenters. The lowest BCUT2D eigenvalue weighted by atomic mass is 10.4. The standard InChI is InChI=1S/C10H13BrN2S/c1-2-4-14-5-3-13-10-6-9(11)7-12-8-10/h2,6-8,13H,1,3-5H2.